The fourth-order valence-electron chi connectivity index (χ4n) is 1.16. The lowest BCUT2D eigenvalue weighted by molar-refractivity contribution is 0.482. The number of hydrogen-bond donors (Lipinski definition) is 2. The normalized spacial score (nSPS) is 12.8. The first kappa shape index (κ1) is 13.5. The summed E-state index contributed by atoms with van der Waals surface area (Å²) in [6.45, 7) is 1.44. The first-order valence-corrected chi connectivity index (χ1v) is 7.34. The van der Waals surface area contributed by atoms with Crippen LogP contribution in [0.1, 0.15) is 5.56 Å². The van der Waals surface area contributed by atoms with Crippen LogP contribution >= 0.6 is 9.24 Å². The highest BCUT2D eigenvalue weighted by Gasteiger charge is 2.22. The molecule has 90 valence electrons. The zero-order valence-corrected chi connectivity index (χ0v) is 10.9. The Morgan fingerprint density at radius 3 is 1.56 bits per heavy atom. The van der Waals surface area contributed by atoms with Gasteiger partial charge >= 0.3 is 0 Å². The van der Waals surface area contributed by atoms with Gasteiger partial charge in [-0.15, -0.1) is 9.24 Å². The molecule has 0 bridgehead atoms. The molecule has 6 nitrogen and oxygen atoms in total. The third-order valence-electron chi connectivity index (χ3n) is 1.80. The van der Waals surface area contributed by atoms with Crippen molar-refractivity contribution in [1.82, 2.24) is 0 Å². The van der Waals surface area contributed by atoms with Crippen LogP contribution in [-0.2, 0) is 20.2 Å². The summed E-state index contributed by atoms with van der Waals surface area (Å²) in [5.74, 6) is 0. The van der Waals surface area contributed by atoms with E-state index in [0.717, 1.165) is 12.1 Å². The highest BCUT2D eigenvalue weighted by Crippen LogP contribution is 2.18. The number of hydrogen-bond acceptors (Lipinski definition) is 4. The molecule has 0 aliphatic carbocycles. The van der Waals surface area contributed by atoms with Gasteiger partial charge in [-0.3, -0.25) is 9.11 Å². The fraction of sp³-hybridized carbons (Fsp3) is 0.143. The molecule has 0 aliphatic heterocycles. The lowest BCUT2D eigenvalue weighted by atomic mass is 10.2. The Kier molecular flexibility index (Phi) is 3.42. The monoisotopic (exact) mass is 284 g/mol. The van der Waals surface area contributed by atoms with Gasteiger partial charge in [-0.1, -0.05) is 0 Å². The van der Waals surface area contributed by atoms with E-state index in [1.165, 1.54) is 6.92 Å². The Morgan fingerprint density at radius 1 is 1.00 bits per heavy atom. The molecule has 0 amide bonds. The fourth-order valence-corrected chi connectivity index (χ4v) is 3.73. The van der Waals surface area contributed by atoms with E-state index in [0.29, 0.717) is 0 Å². The van der Waals surface area contributed by atoms with Gasteiger partial charge in [0.25, 0.3) is 20.2 Å². The summed E-state index contributed by atoms with van der Waals surface area (Å²) in [4.78, 5) is -1.13. The topological polar surface area (TPSA) is 109 Å². The van der Waals surface area contributed by atoms with Crippen molar-refractivity contribution in [2.24, 2.45) is 0 Å². The van der Waals surface area contributed by atoms with E-state index in [1.807, 2.05) is 9.24 Å². The molecule has 0 saturated heterocycles. The lowest BCUT2D eigenvalue weighted by Gasteiger charge is -2.08. The maximum atomic E-state index is 11.0. The molecule has 0 saturated carbocycles. The molecule has 0 spiro atoms. The van der Waals surface area contributed by atoms with Crippen molar-refractivity contribution in [3.63, 3.8) is 0 Å². The van der Waals surface area contributed by atoms with E-state index in [1.54, 1.807) is 0 Å². The van der Waals surface area contributed by atoms with Crippen LogP contribution in [0.4, 0.5) is 0 Å². The van der Waals surface area contributed by atoms with Gasteiger partial charge in [0, 0.05) is 5.30 Å². The first-order valence-electron chi connectivity index (χ1n) is 3.88. The van der Waals surface area contributed by atoms with Crippen molar-refractivity contribution in [2.45, 2.75) is 16.7 Å². The number of benzene rings is 1. The molecular formula is C7H9O6PS2. The molecule has 0 heterocycles. The highest BCUT2D eigenvalue weighted by molar-refractivity contribution is 7.87. The summed E-state index contributed by atoms with van der Waals surface area (Å²) in [6.07, 6.45) is 0. The largest absolute Gasteiger partial charge is 0.295 e. The second-order valence-electron chi connectivity index (χ2n) is 3.13. The second-order valence-corrected chi connectivity index (χ2v) is 6.48. The Bertz CT molecular complexity index is 578. The van der Waals surface area contributed by atoms with Gasteiger partial charge in [-0.2, -0.15) is 16.8 Å². The summed E-state index contributed by atoms with van der Waals surface area (Å²) in [6, 6.07) is 2.21. The lowest BCUT2D eigenvalue weighted by Crippen LogP contribution is -2.17. The second kappa shape index (κ2) is 4.05. The van der Waals surface area contributed by atoms with Gasteiger partial charge in [-0.05, 0) is 24.6 Å². The van der Waals surface area contributed by atoms with Gasteiger partial charge < -0.3 is 0 Å². The predicted octanol–water partition coefficient (Wildman–Crippen LogP) is -0.0112. The predicted molar refractivity (Wildman–Crippen MR) is 60.2 cm³/mol. The van der Waals surface area contributed by atoms with Crippen molar-refractivity contribution in [1.29, 1.82) is 0 Å². The van der Waals surface area contributed by atoms with E-state index >= 15 is 0 Å². The van der Waals surface area contributed by atoms with Gasteiger partial charge in [0.2, 0.25) is 0 Å². The van der Waals surface area contributed by atoms with Crippen molar-refractivity contribution < 1.29 is 25.9 Å². The summed E-state index contributed by atoms with van der Waals surface area (Å²) >= 11 is 0. The molecular weight excluding hydrogens is 275 g/mol. The van der Waals surface area contributed by atoms with E-state index in [2.05, 4.69) is 0 Å². The molecule has 0 aliphatic rings. The maximum Gasteiger partial charge on any atom is 0.295 e. The quantitative estimate of drug-likeness (QED) is 0.584. The minimum absolute atomic E-state index is 0.284. The van der Waals surface area contributed by atoms with Crippen molar-refractivity contribution in [3.05, 3.63) is 17.7 Å². The average Bonchev–Trinajstić information content (AvgIpc) is 2.04. The molecule has 1 unspecified atom stereocenters. The SMILES string of the molecule is Cc1cc(S(=O)(=O)O)c(P)c(S(=O)(=O)O)c1. The molecule has 1 aromatic rings. The van der Waals surface area contributed by atoms with Crippen molar-refractivity contribution in [2.75, 3.05) is 0 Å². The van der Waals surface area contributed by atoms with Crippen molar-refractivity contribution >= 4 is 34.8 Å². The minimum Gasteiger partial charge on any atom is -0.282 e. The first-order chi connectivity index (χ1) is 7.03. The molecule has 16 heavy (non-hydrogen) atoms. The van der Waals surface area contributed by atoms with Crippen LogP contribution in [-0.4, -0.2) is 25.9 Å². The summed E-state index contributed by atoms with van der Waals surface area (Å²) < 4.78 is 61.5. The molecule has 1 atom stereocenters. The van der Waals surface area contributed by atoms with Crippen LogP contribution in [0.25, 0.3) is 0 Å². The third kappa shape index (κ3) is 2.78. The smallest absolute Gasteiger partial charge is 0.282 e. The van der Waals surface area contributed by atoms with Crippen LogP contribution < -0.4 is 5.30 Å². The summed E-state index contributed by atoms with van der Waals surface area (Å²) in [5, 5.41) is -0.296. The zero-order valence-electron chi connectivity index (χ0n) is 8.08. The average molecular weight is 284 g/mol. The minimum atomic E-state index is -4.54. The zero-order chi connectivity index (χ0) is 12.7. The summed E-state index contributed by atoms with van der Waals surface area (Å²) in [7, 11) is -7.21. The molecule has 0 aromatic heterocycles. The molecule has 0 fully saturated rings. The Balaban J connectivity index is 3.78. The summed E-state index contributed by atoms with van der Waals surface area (Å²) in [5.41, 5.74) is 0.284. The van der Waals surface area contributed by atoms with E-state index in [-0.39, 0.29) is 10.9 Å². The number of rotatable bonds is 2. The molecule has 1 aromatic carbocycles. The third-order valence-corrected chi connectivity index (χ3v) is 4.63. The van der Waals surface area contributed by atoms with Crippen LogP contribution in [0.2, 0.25) is 0 Å². The van der Waals surface area contributed by atoms with E-state index in [4.69, 9.17) is 9.11 Å². The van der Waals surface area contributed by atoms with Gasteiger partial charge in [0.15, 0.2) is 0 Å². The molecule has 0 radical (unpaired) electrons. The van der Waals surface area contributed by atoms with Gasteiger partial charge in [0.05, 0.1) is 0 Å². The standard InChI is InChI=1S/C7H9O6PS2/c1-4-2-5(15(8,9)10)7(14)6(3-4)16(11,12)13/h2-3H,14H2,1H3,(H,8,9,10)(H,11,12,13). The number of aryl methyl sites for hydroxylation is 1. The van der Waals surface area contributed by atoms with Gasteiger partial charge in [0.1, 0.15) is 9.79 Å². The van der Waals surface area contributed by atoms with Crippen LogP contribution in [0.3, 0.4) is 0 Å². The molecule has 9 heteroatoms. The van der Waals surface area contributed by atoms with E-state index in [9.17, 15) is 16.8 Å². The Labute approximate surface area is 95.4 Å². The van der Waals surface area contributed by atoms with Gasteiger partial charge in [-0.25, -0.2) is 0 Å². The highest BCUT2D eigenvalue weighted by atomic mass is 32.2. The molecule has 2 N–H and O–H groups in total. The Hall–Kier alpha value is -0.530. The Morgan fingerprint density at radius 2 is 1.31 bits per heavy atom. The maximum absolute atomic E-state index is 11.0. The van der Waals surface area contributed by atoms with Crippen LogP contribution in [0.5, 0.6) is 0 Å². The van der Waals surface area contributed by atoms with E-state index < -0.39 is 30.0 Å². The molecule has 1 rings (SSSR count). The van der Waals surface area contributed by atoms with Crippen LogP contribution in [0.15, 0.2) is 21.9 Å². The van der Waals surface area contributed by atoms with Crippen molar-refractivity contribution in [3.8, 4) is 0 Å². The van der Waals surface area contributed by atoms with Crippen LogP contribution in [0, 0.1) is 6.92 Å².